The highest BCUT2D eigenvalue weighted by Crippen LogP contribution is 2.27. The van der Waals surface area contributed by atoms with Crippen molar-refractivity contribution in [3.63, 3.8) is 0 Å². The summed E-state index contributed by atoms with van der Waals surface area (Å²) in [6.07, 6.45) is 0.0335. The van der Waals surface area contributed by atoms with E-state index in [-0.39, 0.29) is 6.42 Å². The van der Waals surface area contributed by atoms with Crippen LogP contribution in [0.25, 0.3) is 0 Å². The second-order valence-corrected chi connectivity index (χ2v) is 5.39. The van der Waals surface area contributed by atoms with Gasteiger partial charge in [0, 0.05) is 19.5 Å². The van der Waals surface area contributed by atoms with Crippen molar-refractivity contribution >= 4 is 11.6 Å². The van der Waals surface area contributed by atoms with Gasteiger partial charge in [-0.1, -0.05) is 6.07 Å². The summed E-state index contributed by atoms with van der Waals surface area (Å²) in [5, 5.41) is 5.27. The predicted octanol–water partition coefficient (Wildman–Crippen LogP) is 3.24. The lowest BCUT2D eigenvalue weighted by molar-refractivity contribution is -0.116. The van der Waals surface area contributed by atoms with Crippen LogP contribution in [0.5, 0.6) is 11.5 Å². The summed E-state index contributed by atoms with van der Waals surface area (Å²) in [7, 11) is 3.08. The Morgan fingerprint density at radius 2 is 1.73 bits per heavy atom. The van der Waals surface area contributed by atoms with Gasteiger partial charge in [0.15, 0.2) is 29.0 Å². The minimum absolute atomic E-state index is 0.0335. The van der Waals surface area contributed by atoms with Crippen LogP contribution in [0.15, 0.2) is 30.3 Å². The maximum Gasteiger partial charge on any atom is 0.225 e. The van der Waals surface area contributed by atoms with Gasteiger partial charge in [0.1, 0.15) is 0 Å². The number of halogens is 3. The SMILES string of the molecule is COc1ccc(CNCCC(=O)Nc2ccc(F)c(F)c2F)cc1OC. The number of benzene rings is 2. The van der Waals surface area contributed by atoms with Gasteiger partial charge >= 0.3 is 0 Å². The van der Waals surface area contributed by atoms with E-state index in [1.54, 1.807) is 13.2 Å². The fourth-order valence-electron chi connectivity index (χ4n) is 2.26. The number of carbonyl (C=O) groups excluding carboxylic acids is 1. The third kappa shape index (κ3) is 4.89. The van der Waals surface area contributed by atoms with Crippen molar-refractivity contribution in [1.29, 1.82) is 0 Å². The highest BCUT2D eigenvalue weighted by atomic mass is 19.2. The van der Waals surface area contributed by atoms with Crippen molar-refractivity contribution in [2.24, 2.45) is 0 Å². The summed E-state index contributed by atoms with van der Waals surface area (Å²) in [5.74, 6) is -3.65. The van der Waals surface area contributed by atoms with Crippen molar-refractivity contribution in [3.8, 4) is 11.5 Å². The van der Waals surface area contributed by atoms with E-state index < -0.39 is 29.0 Å². The van der Waals surface area contributed by atoms with E-state index in [4.69, 9.17) is 9.47 Å². The zero-order chi connectivity index (χ0) is 19.1. The fourth-order valence-corrected chi connectivity index (χ4v) is 2.26. The quantitative estimate of drug-likeness (QED) is 0.555. The van der Waals surface area contributed by atoms with E-state index in [1.807, 2.05) is 12.1 Å². The van der Waals surface area contributed by atoms with Gasteiger partial charge in [-0.2, -0.15) is 0 Å². The van der Waals surface area contributed by atoms with Crippen molar-refractivity contribution in [1.82, 2.24) is 5.32 Å². The van der Waals surface area contributed by atoms with E-state index in [1.165, 1.54) is 7.11 Å². The average Bonchev–Trinajstić information content (AvgIpc) is 2.65. The van der Waals surface area contributed by atoms with Gasteiger partial charge in [0.25, 0.3) is 0 Å². The van der Waals surface area contributed by atoms with E-state index in [9.17, 15) is 18.0 Å². The number of hydrogen-bond acceptors (Lipinski definition) is 4. The largest absolute Gasteiger partial charge is 0.493 e. The minimum Gasteiger partial charge on any atom is -0.493 e. The molecule has 0 aliphatic carbocycles. The molecule has 26 heavy (non-hydrogen) atoms. The van der Waals surface area contributed by atoms with Crippen LogP contribution in [0.4, 0.5) is 18.9 Å². The molecule has 2 N–H and O–H groups in total. The van der Waals surface area contributed by atoms with Crippen molar-refractivity contribution < 1.29 is 27.4 Å². The first-order chi connectivity index (χ1) is 12.5. The number of methoxy groups -OCH3 is 2. The Hall–Kier alpha value is -2.74. The van der Waals surface area contributed by atoms with E-state index >= 15 is 0 Å². The van der Waals surface area contributed by atoms with Gasteiger partial charge in [-0.15, -0.1) is 0 Å². The number of amides is 1. The van der Waals surface area contributed by atoms with Crippen LogP contribution in [0, 0.1) is 17.5 Å². The summed E-state index contributed by atoms with van der Waals surface area (Å²) in [5.41, 5.74) is 0.531. The summed E-state index contributed by atoms with van der Waals surface area (Å²) < 4.78 is 49.8. The molecule has 0 fully saturated rings. The Bertz CT molecular complexity index is 785. The van der Waals surface area contributed by atoms with Crippen LogP contribution in [0.2, 0.25) is 0 Å². The lowest BCUT2D eigenvalue weighted by atomic mass is 10.2. The second kappa shape index (κ2) is 9.10. The number of ether oxygens (including phenoxy) is 2. The summed E-state index contributed by atoms with van der Waals surface area (Å²) in [6.45, 7) is 0.790. The van der Waals surface area contributed by atoms with Crippen LogP contribution in [0.3, 0.4) is 0 Å². The van der Waals surface area contributed by atoms with Crippen LogP contribution in [-0.2, 0) is 11.3 Å². The number of rotatable bonds is 8. The molecule has 8 heteroatoms. The van der Waals surface area contributed by atoms with E-state index in [0.29, 0.717) is 24.6 Å². The maximum atomic E-state index is 13.5. The molecule has 1 amide bonds. The smallest absolute Gasteiger partial charge is 0.225 e. The van der Waals surface area contributed by atoms with Crippen LogP contribution < -0.4 is 20.1 Å². The Labute approximate surface area is 149 Å². The third-order valence-electron chi connectivity index (χ3n) is 3.62. The van der Waals surface area contributed by atoms with Crippen molar-refractivity contribution in [2.45, 2.75) is 13.0 Å². The Morgan fingerprint density at radius 3 is 2.42 bits per heavy atom. The number of hydrogen-bond donors (Lipinski definition) is 2. The molecule has 0 aromatic heterocycles. The van der Waals surface area contributed by atoms with Gasteiger partial charge in [-0.3, -0.25) is 4.79 Å². The highest BCUT2D eigenvalue weighted by Gasteiger charge is 2.15. The molecule has 0 unspecified atom stereocenters. The van der Waals surface area contributed by atoms with E-state index in [0.717, 1.165) is 17.7 Å². The maximum absolute atomic E-state index is 13.5. The molecule has 0 bridgehead atoms. The Balaban J connectivity index is 1.81. The summed E-state index contributed by atoms with van der Waals surface area (Å²) in [4.78, 5) is 11.8. The van der Waals surface area contributed by atoms with Gasteiger partial charge in [-0.25, -0.2) is 13.2 Å². The number of nitrogens with one attached hydrogen (secondary N) is 2. The van der Waals surface area contributed by atoms with Crippen molar-refractivity contribution in [3.05, 3.63) is 53.3 Å². The van der Waals surface area contributed by atoms with E-state index in [2.05, 4.69) is 10.6 Å². The molecule has 2 aromatic carbocycles. The molecule has 0 aliphatic heterocycles. The zero-order valence-corrected chi connectivity index (χ0v) is 14.4. The van der Waals surface area contributed by atoms with Gasteiger partial charge in [-0.05, 0) is 29.8 Å². The summed E-state index contributed by atoms with van der Waals surface area (Å²) in [6, 6.07) is 7.16. The number of anilines is 1. The average molecular weight is 368 g/mol. The first-order valence-electron chi connectivity index (χ1n) is 7.81. The fraction of sp³-hybridized carbons (Fsp3) is 0.278. The molecular weight excluding hydrogens is 349 g/mol. The number of carbonyl (C=O) groups is 1. The molecule has 0 saturated heterocycles. The molecule has 2 rings (SSSR count). The van der Waals surface area contributed by atoms with Crippen LogP contribution >= 0.6 is 0 Å². The lowest BCUT2D eigenvalue weighted by Crippen LogP contribution is -2.22. The molecule has 0 atom stereocenters. The first kappa shape index (κ1) is 19.6. The zero-order valence-electron chi connectivity index (χ0n) is 14.4. The molecule has 0 aliphatic rings. The molecule has 5 nitrogen and oxygen atoms in total. The van der Waals surface area contributed by atoms with Crippen molar-refractivity contribution in [2.75, 3.05) is 26.1 Å². The molecule has 0 saturated carbocycles. The monoisotopic (exact) mass is 368 g/mol. The lowest BCUT2D eigenvalue weighted by Gasteiger charge is -2.10. The summed E-state index contributed by atoms with van der Waals surface area (Å²) >= 11 is 0. The van der Waals surface area contributed by atoms with Gasteiger partial charge < -0.3 is 20.1 Å². The minimum atomic E-state index is -1.62. The van der Waals surface area contributed by atoms with Crippen LogP contribution in [0.1, 0.15) is 12.0 Å². The topological polar surface area (TPSA) is 59.6 Å². The first-order valence-corrected chi connectivity index (χ1v) is 7.81. The second-order valence-electron chi connectivity index (χ2n) is 5.39. The highest BCUT2D eigenvalue weighted by molar-refractivity contribution is 5.90. The molecular formula is C18H19F3N2O3. The van der Waals surface area contributed by atoms with Gasteiger partial charge in [0.05, 0.1) is 19.9 Å². The third-order valence-corrected chi connectivity index (χ3v) is 3.62. The Kier molecular flexibility index (Phi) is 6.85. The molecule has 0 spiro atoms. The molecule has 140 valence electrons. The molecule has 0 radical (unpaired) electrons. The van der Waals surface area contributed by atoms with Crippen LogP contribution in [-0.4, -0.2) is 26.7 Å². The molecule has 0 heterocycles. The standard InChI is InChI=1S/C18H19F3N2O3/c1-25-14-6-3-11(9-15(14)26-2)10-22-8-7-16(24)23-13-5-4-12(19)17(20)18(13)21/h3-6,9,22H,7-8,10H2,1-2H3,(H,23,24). The molecule has 2 aromatic rings. The van der Waals surface area contributed by atoms with Gasteiger partial charge in [0.2, 0.25) is 5.91 Å². The normalized spacial score (nSPS) is 10.5. The predicted molar refractivity (Wildman–Crippen MR) is 90.8 cm³/mol. The Morgan fingerprint density at radius 1 is 1.00 bits per heavy atom.